The van der Waals surface area contributed by atoms with Gasteiger partial charge in [0.25, 0.3) is 0 Å². The molecule has 1 amide bonds. The van der Waals surface area contributed by atoms with Gasteiger partial charge in [-0.15, -0.1) is 0 Å². The molecular weight excluding hydrogens is 304 g/mol. The maximum Gasteiger partial charge on any atom is 0.328 e. The van der Waals surface area contributed by atoms with Crippen LogP contribution in [0.1, 0.15) is 44.7 Å². The minimum atomic E-state index is -0.569. The fourth-order valence-corrected chi connectivity index (χ4v) is 3.32. The summed E-state index contributed by atoms with van der Waals surface area (Å²) in [6, 6.07) is 9.98. The van der Waals surface area contributed by atoms with Gasteiger partial charge in [0.05, 0.1) is 13.7 Å². The van der Waals surface area contributed by atoms with Gasteiger partial charge in [-0.3, -0.25) is 9.69 Å². The first-order chi connectivity index (χ1) is 11.5. The molecule has 1 saturated heterocycles. The van der Waals surface area contributed by atoms with E-state index in [0.717, 1.165) is 19.4 Å². The Morgan fingerprint density at radius 2 is 2.00 bits per heavy atom. The maximum atomic E-state index is 12.4. The predicted molar refractivity (Wildman–Crippen MR) is 93.4 cm³/mol. The minimum Gasteiger partial charge on any atom is -0.467 e. The molecule has 24 heavy (non-hydrogen) atoms. The van der Waals surface area contributed by atoms with Gasteiger partial charge in [0.2, 0.25) is 5.91 Å². The molecule has 0 aromatic heterocycles. The Balaban J connectivity index is 1.96. The van der Waals surface area contributed by atoms with Gasteiger partial charge in [-0.05, 0) is 37.3 Å². The van der Waals surface area contributed by atoms with E-state index in [2.05, 4.69) is 22.3 Å². The largest absolute Gasteiger partial charge is 0.467 e. The van der Waals surface area contributed by atoms with Gasteiger partial charge in [-0.25, -0.2) is 4.79 Å². The van der Waals surface area contributed by atoms with E-state index in [1.54, 1.807) is 0 Å². The van der Waals surface area contributed by atoms with Gasteiger partial charge in [0.1, 0.15) is 6.04 Å². The van der Waals surface area contributed by atoms with E-state index in [-0.39, 0.29) is 17.9 Å². The summed E-state index contributed by atoms with van der Waals surface area (Å²) in [5.41, 5.74) is 1.24. The molecule has 1 fully saturated rings. The monoisotopic (exact) mass is 332 g/mol. The zero-order valence-corrected chi connectivity index (χ0v) is 14.8. The van der Waals surface area contributed by atoms with E-state index < -0.39 is 6.04 Å². The van der Waals surface area contributed by atoms with E-state index in [1.165, 1.54) is 12.7 Å². The van der Waals surface area contributed by atoms with Gasteiger partial charge in [-0.1, -0.05) is 44.2 Å². The summed E-state index contributed by atoms with van der Waals surface area (Å²) in [5, 5.41) is 2.84. The molecule has 1 aliphatic rings. The molecule has 1 aromatic rings. The standard InChI is InChI=1S/C19H28N2O3/c1-14(2)12-16(19(23)24-3)20-18(22)13-21-11-7-10-17(21)15-8-5-4-6-9-15/h4-6,8-9,14,16-17H,7,10-13H2,1-3H3,(H,20,22). The van der Waals surface area contributed by atoms with Crippen LogP contribution in [0.2, 0.25) is 0 Å². The number of ether oxygens (including phenoxy) is 1. The Morgan fingerprint density at radius 3 is 2.62 bits per heavy atom. The predicted octanol–water partition coefficient (Wildman–Crippen LogP) is 2.53. The molecule has 0 spiro atoms. The lowest BCUT2D eigenvalue weighted by Crippen LogP contribution is -2.46. The van der Waals surface area contributed by atoms with E-state index in [0.29, 0.717) is 18.9 Å². The van der Waals surface area contributed by atoms with Crippen molar-refractivity contribution in [1.29, 1.82) is 0 Å². The number of esters is 1. The number of nitrogens with zero attached hydrogens (tertiary/aromatic N) is 1. The normalized spacial score (nSPS) is 19.2. The first-order valence-electron chi connectivity index (χ1n) is 8.67. The second-order valence-corrected chi connectivity index (χ2v) is 6.81. The van der Waals surface area contributed by atoms with E-state index in [9.17, 15) is 9.59 Å². The van der Waals surface area contributed by atoms with Crippen molar-refractivity contribution in [2.24, 2.45) is 5.92 Å². The Kier molecular flexibility index (Phi) is 6.79. The highest BCUT2D eigenvalue weighted by atomic mass is 16.5. The van der Waals surface area contributed by atoms with Crippen LogP contribution >= 0.6 is 0 Å². The number of likely N-dealkylation sites (tertiary alicyclic amines) is 1. The summed E-state index contributed by atoms with van der Waals surface area (Å²) in [7, 11) is 1.35. The van der Waals surface area contributed by atoms with Crippen molar-refractivity contribution in [2.45, 2.75) is 45.2 Å². The molecule has 2 rings (SSSR count). The lowest BCUT2D eigenvalue weighted by molar-refractivity contribution is -0.145. The number of hydrogen-bond donors (Lipinski definition) is 1. The minimum absolute atomic E-state index is 0.117. The van der Waals surface area contributed by atoms with Crippen molar-refractivity contribution in [3.05, 3.63) is 35.9 Å². The average molecular weight is 332 g/mol. The fraction of sp³-hybridized carbons (Fsp3) is 0.579. The van der Waals surface area contributed by atoms with E-state index in [4.69, 9.17) is 4.74 Å². The third kappa shape index (κ3) is 5.06. The highest BCUT2D eigenvalue weighted by molar-refractivity contribution is 5.85. The number of nitrogens with one attached hydrogen (secondary N) is 1. The highest BCUT2D eigenvalue weighted by Gasteiger charge is 2.29. The Labute approximate surface area is 144 Å². The summed E-state index contributed by atoms with van der Waals surface area (Å²) in [6.07, 6.45) is 2.73. The molecule has 0 radical (unpaired) electrons. The molecule has 132 valence electrons. The van der Waals surface area contributed by atoms with Crippen LogP contribution in [-0.4, -0.2) is 43.0 Å². The number of hydrogen-bond acceptors (Lipinski definition) is 4. The Hall–Kier alpha value is -1.88. The molecule has 0 bridgehead atoms. The smallest absolute Gasteiger partial charge is 0.328 e. The summed E-state index contributed by atoms with van der Waals surface area (Å²) in [6.45, 7) is 5.26. The zero-order valence-electron chi connectivity index (χ0n) is 14.8. The van der Waals surface area contributed by atoms with Crippen LogP contribution in [0.3, 0.4) is 0 Å². The van der Waals surface area contributed by atoms with Crippen molar-refractivity contribution < 1.29 is 14.3 Å². The quantitative estimate of drug-likeness (QED) is 0.780. The number of benzene rings is 1. The highest BCUT2D eigenvalue weighted by Crippen LogP contribution is 2.31. The number of amides is 1. The number of carbonyl (C=O) groups excluding carboxylic acids is 2. The first kappa shape index (κ1) is 18.5. The van der Waals surface area contributed by atoms with Gasteiger partial charge in [0, 0.05) is 6.04 Å². The van der Waals surface area contributed by atoms with Crippen LogP contribution in [0.25, 0.3) is 0 Å². The third-order valence-electron chi connectivity index (χ3n) is 4.42. The molecule has 1 aliphatic heterocycles. The van der Waals surface area contributed by atoms with Gasteiger partial charge >= 0.3 is 5.97 Å². The first-order valence-corrected chi connectivity index (χ1v) is 8.67. The van der Waals surface area contributed by atoms with Crippen LogP contribution in [0, 0.1) is 5.92 Å². The molecule has 0 aliphatic carbocycles. The Morgan fingerprint density at radius 1 is 1.29 bits per heavy atom. The molecule has 2 unspecified atom stereocenters. The maximum absolute atomic E-state index is 12.4. The zero-order chi connectivity index (χ0) is 17.5. The van der Waals surface area contributed by atoms with Crippen LogP contribution in [0.15, 0.2) is 30.3 Å². The lowest BCUT2D eigenvalue weighted by atomic mass is 10.0. The van der Waals surface area contributed by atoms with Gasteiger partial charge < -0.3 is 10.1 Å². The number of rotatable bonds is 7. The molecule has 1 heterocycles. The van der Waals surface area contributed by atoms with Crippen LogP contribution in [-0.2, 0) is 14.3 Å². The van der Waals surface area contributed by atoms with Crippen LogP contribution < -0.4 is 5.32 Å². The molecule has 2 atom stereocenters. The summed E-state index contributed by atoms with van der Waals surface area (Å²) in [4.78, 5) is 26.5. The molecular formula is C19H28N2O3. The van der Waals surface area contributed by atoms with Crippen LogP contribution in [0.4, 0.5) is 0 Å². The second kappa shape index (κ2) is 8.83. The van der Waals surface area contributed by atoms with Crippen molar-refractivity contribution in [1.82, 2.24) is 10.2 Å². The van der Waals surface area contributed by atoms with Crippen LogP contribution in [0.5, 0.6) is 0 Å². The van der Waals surface area contributed by atoms with Gasteiger partial charge in [-0.2, -0.15) is 0 Å². The fourth-order valence-electron chi connectivity index (χ4n) is 3.32. The molecule has 1 N–H and O–H groups in total. The van der Waals surface area contributed by atoms with E-state index in [1.807, 2.05) is 32.0 Å². The van der Waals surface area contributed by atoms with Crippen molar-refractivity contribution in [3.63, 3.8) is 0 Å². The molecule has 1 aromatic carbocycles. The van der Waals surface area contributed by atoms with Gasteiger partial charge in [0.15, 0.2) is 0 Å². The second-order valence-electron chi connectivity index (χ2n) is 6.81. The van der Waals surface area contributed by atoms with Crippen molar-refractivity contribution in [2.75, 3.05) is 20.2 Å². The third-order valence-corrected chi connectivity index (χ3v) is 4.42. The average Bonchev–Trinajstić information content (AvgIpc) is 3.01. The molecule has 5 nitrogen and oxygen atoms in total. The molecule has 0 saturated carbocycles. The topological polar surface area (TPSA) is 58.6 Å². The lowest BCUT2D eigenvalue weighted by Gasteiger charge is -2.25. The summed E-state index contributed by atoms with van der Waals surface area (Å²) in [5.74, 6) is -0.190. The Bertz CT molecular complexity index is 545. The van der Waals surface area contributed by atoms with E-state index >= 15 is 0 Å². The summed E-state index contributed by atoms with van der Waals surface area (Å²) >= 11 is 0. The molecule has 5 heteroatoms. The van der Waals surface area contributed by atoms with Crippen molar-refractivity contribution >= 4 is 11.9 Å². The number of methoxy groups -OCH3 is 1. The SMILES string of the molecule is COC(=O)C(CC(C)C)NC(=O)CN1CCCC1c1ccccc1. The number of carbonyl (C=O) groups is 2. The van der Waals surface area contributed by atoms with Crippen molar-refractivity contribution in [3.8, 4) is 0 Å². The summed E-state index contributed by atoms with van der Waals surface area (Å²) < 4.78 is 4.81.